The lowest BCUT2D eigenvalue weighted by Gasteiger charge is -2.27. The average Bonchev–Trinajstić information content (AvgIpc) is 1.97. The summed E-state index contributed by atoms with van der Waals surface area (Å²) in [5.74, 6) is 0.262. The van der Waals surface area contributed by atoms with Crippen LogP contribution in [0.5, 0.6) is 0 Å². The highest BCUT2D eigenvalue weighted by atomic mass is 35.5. The van der Waals surface area contributed by atoms with Gasteiger partial charge < -0.3 is 15.6 Å². The molecular weight excluding hydrogens is 194 g/mol. The van der Waals surface area contributed by atoms with Crippen molar-refractivity contribution < 1.29 is 14.6 Å². The van der Waals surface area contributed by atoms with Gasteiger partial charge in [-0.2, -0.15) is 0 Å². The molecule has 0 aliphatic carbocycles. The molecule has 0 spiro atoms. The van der Waals surface area contributed by atoms with E-state index in [9.17, 15) is 4.79 Å². The molecule has 0 radical (unpaired) electrons. The van der Waals surface area contributed by atoms with Gasteiger partial charge in [-0.05, 0) is 26.2 Å². The molecule has 0 saturated carbocycles. The molecule has 0 aromatic carbocycles. The summed E-state index contributed by atoms with van der Waals surface area (Å²) in [6.07, 6.45) is -0.313. The monoisotopic (exact) mass is 209 g/mol. The Bertz CT molecular complexity index is 169. The number of hydrogen-bond donors (Lipinski definition) is 2. The number of alkyl halides is 1. The van der Waals surface area contributed by atoms with E-state index in [1.807, 2.05) is 0 Å². The number of rotatable bonds is 5. The van der Waals surface area contributed by atoms with Crippen LogP contribution in [-0.2, 0) is 4.74 Å². The van der Waals surface area contributed by atoms with Gasteiger partial charge in [-0.3, -0.25) is 0 Å². The lowest BCUT2D eigenvalue weighted by molar-refractivity contribution is 0.0217. The Morgan fingerprint density at radius 1 is 1.69 bits per heavy atom. The second kappa shape index (κ2) is 5.29. The SMILES string of the molecule is CC(C)(CC(CO)CCl)OC(N)=O. The molecule has 3 N–H and O–H groups in total. The van der Waals surface area contributed by atoms with Gasteiger partial charge in [0.15, 0.2) is 0 Å². The van der Waals surface area contributed by atoms with Gasteiger partial charge in [-0.25, -0.2) is 4.79 Å². The van der Waals surface area contributed by atoms with E-state index in [0.29, 0.717) is 12.3 Å². The van der Waals surface area contributed by atoms with E-state index in [-0.39, 0.29) is 12.5 Å². The second-order valence-electron chi connectivity index (χ2n) is 3.59. The standard InChI is InChI=1S/C8H16ClNO3/c1-8(2,13-7(10)12)3-6(4-9)5-11/h6,11H,3-5H2,1-2H3,(H2,10,12). The van der Waals surface area contributed by atoms with Crippen molar-refractivity contribution >= 4 is 17.7 Å². The topological polar surface area (TPSA) is 72.6 Å². The van der Waals surface area contributed by atoms with Gasteiger partial charge in [-0.1, -0.05) is 0 Å². The Morgan fingerprint density at radius 3 is 2.54 bits per heavy atom. The zero-order chi connectivity index (χ0) is 10.5. The summed E-state index contributed by atoms with van der Waals surface area (Å²) >= 11 is 5.58. The fraction of sp³-hybridized carbons (Fsp3) is 0.875. The molecule has 0 aromatic rings. The third kappa shape index (κ3) is 5.71. The number of primary amides is 1. The van der Waals surface area contributed by atoms with Crippen molar-refractivity contribution in [2.24, 2.45) is 11.7 Å². The average molecular weight is 210 g/mol. The molecule has 0 heterocycles. The van der Waals surface area contributed by atoms with Gasteiger partial charge in [0, 0.05) is 12.5 Å². The van der Waals surface area contributed by atoms with E-state index in [2.05, 4.69) is 0 Å². The first-order valence-corrected chi connectivity index (χ1v) is 4.60. The molecule has 1 atom stereocenters. The Hall–Kier alpha value is -0.480. The zero-order valence-corrected chi connectivity index (χ0v) is 8.67. The van der Waals surface area contributed by atoms with Gasteiger partial charge >= 0.3 is 6.09 Å². The highest BCUT2D eigenvalue weighted by molar-refractivity contribution is 6.18. The van der Waals surface area contributed by atoms with E-state index in [1.54, 1.807) is 13.8 Å². The van der Waals surface area contributed by atoms with Gasteiger partial charge in [0.25, 0.3) is 0 Å². The van der Waals surface area contributed by atoms with Gasteiger partial charge in [0.05, 0.1) is 0 Å². The van der Waals surface area contributed by atoms with Crippen molar-refractivity contribution in [1.29, 1.82) is 0 Å². The molecule has 0 aromatic heterocycles. The largest absolute Gasteiger partial charge is 0.444 e. The van der Waals surface area contributed by atoms with Crippen LogP contribution in [0.15, 0.2) is 0 Å². The normalized spacial score (nSPS) is 13.8. The Morgan fingerprint density at radius 2 is 2.23 bits per heavy atom. The van der Waals surface area contributed by atoms with Crippen LogP contribution < -0.4 is 5.73 Å². The summed E-state index contributed by atoms with van der Waals surface area (Å²) < 4.78 is 4.84. The zero-order valence-electron chi connectivity index (χ0n) is 7.92. The smallest absolute Gasteiger partial charge is 0.405 e. The van der Waals surface area contributed by atoms with E-state index >= 15 is 0 Å². The molecule has 1 unspecified atom stereocenters. The number of ether oxygens (including phenoxy) is 1. The first-order chi connectivity index (χ1) is 5.91. The van der Waals surface area contributed by atoms with E-state index in [1.165, 1.54) is 0 Å². The molecule has 0 bridgehead atoms. The highest BCUT2D eigenvalue weighted by Crippen LogP contribution is 2.21. The number of carbonyl (C=O) groups is 1. The predicted molar refractivity (Wildman–Crippen MR) is 50.7 cm³/mol. The molecule has 4 nitrogen and oxygen atoms in total. The van der Waals surface area contributed by atoms with Crippen LogP contribution in [0.3, 0.4) is 0 Å². The Kier molecular flexibility index (Phi) is 5.10. The maximum Gasteiger partial charge on any atom is 0.405 e. The molecule has 0 aliphatic rings. The molecule has 0 fully saturated rings. The molecule has 0 rings (SSSR count). The van der Waals surface area contributed by atoms with Gasteiger partial charge in [-0.15, -0.1) is 11.6 Å². The highest BCUT2D eigenvalue weighted by Gasteiger charge is 2.25. The molecule has 13 heavy (non-hydrogen) atoms. The van der Waals surface area contributed by atoms with Crippen LogP contribution in [0.1, 0.15) is 20.3 Å². The van der Waals surface area contributed by atoms with Gasteiger partial charge in [0.2, 0.25) is 0 Å². The van der Waals surface area contributed by atoms with Crippen molar-refractivity contribution in [2.75, 3.05) is 12.5 Å². The molecular formula is C8H16ClNO3. The van der Waals surface area contributed by atoms with Crippen LogP contribution in [-0.4, -0.2) is 29.3 Å². The van der Waals surface area contributed by atoms with Crippen molar-refractivity contribution in [3.8, 4) is 0 Å². The number of carbonyl (C=O) groups excluding carboxylic acids is 1. The minimum Gasteiger partial charge on any atom is -0.444 e. The van der Waals surface area contributed by atoms with Crippen LogP contribution in [0, 0.1) is 5.92 Å². The van der Waals surface area contributed by atoms with Crippen molar-refractivity contribution in [2.45, 2.75) is 25.9 Å². The van der Waals surface area contributed by atoms with E-state index in [0.717, 1.165) is 0 Å². The fourth-order valence-corrected chi connectivity index (χ4v) is 1.38. The summed E-state index contributed by atoms with van der Waals surface area (Å²) in [7, 11) is 0. The van der Waals surface area contributed by atoms with E-state index in [4.69, 9.17) is 27.2 Å². The van der Waals surface area contributed by atoms with Crippen LogP contribution in [0.4, 0.5) is 4.79 Å². The third-order valence-electron chi connectivity index (χ3n) is 1.63. The molecule has 5 heteroatoms. The van der Waals surface area contributed by atoms with Crippen molar-refractivity contribution in [1.82, 2.24) is 0 Å². The summed E-state index contributed by atoms with van der Waals surface area (Å²) in [5, 5.41) is 8.87. The van der Waals surface area contributed by atoms with Crippen molar-refractivity contribution in [3.05, 3.63) is 0 Å². The first kappa shape index (κ1) is 12.5. The van der Waals surface area contributed by atoms with Gasteiger partial charge in [0.1, 0.15) is 5.60 Å². The summed E-state index contributed by atoms with van der Waals surface area (Å²) in [6, 6.07) is 0. The number of aliphatic hydroxyl groups is 1. The minimum atomic E-state index is -0.809. The second-order valence-corrected chi connectivity index (χ2v) is 3.90. The number of nitrogens with two attached hydrogens (primary N) is 1. The quantitative estimate of drug-likeness (QED) is 0.666. The maximum absolute atomic E-state index is 10.5. The molecule has 0 saturated heterocycles. The molecule has 1 amide bonds. The lowest BCUT2D eigenvalue weighted by atomic mass is 9.95. The maximum atomic E-state index is 10.5. The van der Waals surface area contributed by atoms with Crippen molar-refractivity contribution in [3.63, 3.8) is 0 Å². The predicted octanol–water partition coefficient (Wildman–Crippen LogP) is 1.10. The Labute approximate surface area is 83.0 Å². The number of amides is 1. The fourth-order valence-electron chi connectivity index (χ4n) is 1.18. The summed E-state index contributed by atoms with van der Waals surface area (Å²) in [5.41, 5.74) is 4.21. The van der Waals surface area contributed by atoms with Crippen LogP contribution in [0.25, 0.3) is 0 Å². The Balaban J connectivity index is 4.05. The lowest BCUT2D eigenvalue weighted by Crippen LogP contribution is -2.34. The number of aliphatic hydroxyl groups excluding tert-OH is 1. The molecule has 0 aliphatic heterocycles. The summed E-state index contributed by atoms with van der Waals surface area (Å²) in [4.78, 5) is 10.5. The van der Waals surface area contributed by atoms with Crippen LogP contribution in [0.2, 0.25) is 0 Å². The molecule has 78 valence electrons. The van der Waals surface area contributed by atoms with E-state index < -0.39 is 11.7 Å². The summed E-state index contributed by atoms with van der Waals surface area (Å²) in [6.45, 7) is 3.44. The van der Waals surface area contributed by atoms with Crippen LogP contribution >= 0.6 is 11.6 Å². The third-order valence-corrected chi connectivity index (χ3v) is 2.07. The first-order valence-electron chi connectivity index (χ1n) is 4.06. The minimum absolute atomic E-state index is 0.0188. The number of halogens is 1. The number of hydrogen-bond acceptors (Lipinski definition) is 3.